The van der Waals surface area contributed by atoms with Gasteiger partial charge in [-0.05, 0) is 30.5 Å². The first-order chi connectivity index (χ1) is 10.1. The van der Waals surface area contributed by atoms with Crippen LogP contribution in [0, 0.1) is 0 Å². The van der Waals surface area contributed by atoms with Gasteiger partial charge in [0.25, 0.3) is 0 Å². The van der Waals surface area contributed by atoms with Crippen LogP contribution in [0.1, 0.15) is 22.6 Å². The van der Waals surface area contributed by atoms with Crippen LogP contribution in [0.25, 0.3) is 0 Å². The van der Waals surface area contributed by atoms with E-state index in [-0.39, 0.29) is 0 Å². The summed E-state index contributed by atoms with van der Waals surface area (Å²) in [7, 11) is 3.26. The molecular weight excluding hydrogens is 286 g/mol. The summed E-state index contributed by atoms with van der Waals surface area (Å²) >= 11 is 1.54. The van der Waals surface area contributed by atoms with Crippen LogP contribution in [0.5, 0.6) is 11.5 Å². The van der Waals surface area contributed by atoms with Gasteiger partial charge in [-0.3, -0.25) is 0 Å². The largest absolute Gasteiger partial charge is 0.493 e. The molecule has 4 N–H and O–H groups in total. The van der Waals surface area contributed by atoms with Crippen LogP contribution in [-0.2, 0) is 18.4 Å². The maximum absolute atomic E-state index is 6.66. The van der Waals surface area contributed by atoms with Crippen molar-refractivity contribution in [2.24, 2.45) is 5.73 Å². The summed E-state index contributed by atoms with van der Waals surface area (Å²) in [6.45, 7) is 0. The normalized spacial score (nSPS) is 20.9. The average molecular weight is 305 g/mol. The quantitative estimate of drug-likeness (QED) is 0.907. The van der Waals surface area contributed by atoms with E-state index in [1.807, 2.05) is 18.2 Å². The lowest BCUT2D eigenvalue weighted by Crippen LogP contribution is -2.41. The van der Waals surface area contributed by atoms with E-state index in [0.717, 1.165) is 30.5 Å². The van der Waals surface area contributed by atoms with Gasteiger partial charge in [0.2, 0.25) is 0 Å². The zero-order chi connectivity index (χ0) is 15.0. The summed E-state index contributed by atoms with van der Waals surface area (Å²) in [4.78, 5) is 5.56. The van der Waals surface area contributed by atoms with Crippen molar-refractivity contribution >= 4 is 16.5 Å². The first kappa shape index (κ1) is 14.2. The monoisotopic (exact) mass is 305 g/mol. The zero-order valence-electron chi connectivity index (χ0n) is 12.2. The van der Waals surface area contributed by atoms with Crippen molar-refractivity contribution in [3.63, 3.8) is 0 Å². The molecule has 5 nitrogen and oxygen atoms in total. The molecule has 112 valence electrons. The van der Waals surface area contributed by atoms with Crippen LogP contribution < -0.4 is 20.9 Å². The predicted molar refractivity (Wildman–Crippen MR) is 84.0 cm³/mol. The molecule has 1 aliphatic carbocycles. The SMILES string of the molecule is COc1ccc(C2(N)CCc3nc(N)sc3C2)cc1OC. The Morgan fingerprint density at radius 1 is 1.24 bits per heavy atom. The maximum Gasteiger partial charge on any atom is 0.180 e. The Hall–Kier alpha value is -1.79. The number of hydrogen-bond donors (Lipinski definition) is 2. The van der Waals surface area contributed by atoms with E-state index in [1.54, 1.807) is 14.2 Å². The molecule has 0 saturated heterocycles. The molecule has 21 heavy (non-hydrogen) atoms. The Labute approximate surface area is 127 Å². The first-order valence-electron chi connectivity index (χ1n) is 6.81. The van der Waals surface area contributed by atoms with Gasteiger partial charge < -0.3 is 20.9 Å². The molecule has 1 heterocycles. The molecule has 6 heteroatoms. The Morgan fingerprint density at radius 3 is 2.71 bits per heavy atom. The molecule has 3 rings (SSSR count). The zero-order valence-corrected chi connectivity index (χ0v) is 13.0. The van der Waals surface area contributed by atoms with Crippen molar-refractivity contribution in [3.05, 3.63) is 34.3 Å². The summed E-state index contributed by atoms with van der Waals surface area (Å²) in [6.07, 6.45) is 2.46. The van der Waals surface area contributed by atoms with Crippen LogP contribution in [0.15, 0.2) is 18.2 Å². The third kappa shape index (κ3) is 2.45. The number of benzene rings is 1. The third-order valence-electron chi connectivity index (χ3n) is 4.04. The fraction of sp³-hybridized carbons (Fsp3) is 0.400. The highest BCUT2D eigenvalue weighted by Crippen LogP contribution is 2.40. The van der Waals surface area contributed by atoms with Crippen molar-refractivity contribution in [3.8, 4) is 11.5 Å². The number of hydrogen-bond acceptors (Lipinski definition) is 6. The number of nitrogen functional groups attached to an aromatic ring is 1. The van der Waals surface area contributed by atoms with Gasteiger partial charge in [0.05, 0.1) is 19.9 Å². The van der Waals surface area contributed by atoms with Crippen LogP contribution in [0.2, 0.25) is 0 Å². The van der Waals surface area contributed by atoms with Crippen LogP contribution >= 0.6 is 11.3 Å². The summed E-state index contributed by atoms with van der Waals surface area (Å²) < 4.78 is 10.7. The van der Waals surface area contributed by atoms with Gasteiger partial charge in [0.15, 0.2) is 16.6 Å². The van der Waals surface area contributed by atoms with Gasteiger partial charge in [0, 0.05) is 16.8 Å². The minimum Gasteiger partial charge on any atom is -0.493 e. The minimum atomic E-state index is -0.411. The predicted octanol–water partition coefficient (Wildman–Crippen LogP) is 2.09. The van der Waals surface area contributed by atoms with E-state index in [2.05, 4.69) is 4.98 Å². The highest BCUT2D eigenvalue weighted by molar-refractivity contribution is 7.15. The Kier molecular flexibility index (Phi) is 3.51. The number of fused-ring (bicyclic) bond motifs is 1. The lowest BCUT2D eigenvalue weighted by atomic mass is 9.78. The van der Waals surface area contributed by atoms with Crippen molar-refractivity contribution in [2.45, 2.75) is 24.8 Å². The van der Waals surface area contributed by atoms with E-state index in [0.29, 0.717) is 16.6 Å². The first-order valence-corrected chi connectivity index (χ1v) is 7.63. The second-order valence-corrected chi connectivity index (χ2v) is 6.44. The molecular formula is C15H19N3O2S. The summed E-state index contributed by atoms with van der Waals surface area (Å²) in [6, 6.07) is 5.88. The molecule has 0 fully saturated rings. The molecule has 1 atom stereocenters. The average Bonchev–Trinajstić information content (AvgIpc) is 2.85. The fourth-order valence-corrected chi connectivity index (χ4v) is 3.85. The lowest BCUT2D eigenvalue weighted by molar-refractivity contribution is 0.348. The minimum absolute atomic E-state index is 0.411. The molecule has 0 amide bonds. The summed E-state index contributed by atoms with van der Waals surface area (Å²) in [5.41, 5.74) is 14.2. The Balaban J connectivity index is 1.96. The highest BCUT2D eigenvalue weighted by Gasteiger charge is 2.34. The van der Waals surface area contributed by atoms with Crippen LogP contribution in [-0.4, -0.2) is 19.2 Å². The number of aromatic nitrogens is 1. The topological polar surface area (TPSA) is 83.4 Å². The second-order valence-electron chi connectivity index (χ2n) is 5.32. The summed E-state index contributed by atoms with van der Waals surface area (Å²) in [5.74, 6) is 1.41. The van der Waals surface area contributed by atoms with Gasteiger partial charge in [-0.2, -0.15) is 0 Å². The smallest absolute Gasteiger partial charge is 0.180 e. The molecule has 0 bridgehead atoms. The van der Waals surface area contributed by atoms with E-state index in [4.69, 9.17) is 20.9 Å². The van der Waals surface area contributed by atoms with Crippen molar-refractivity contribution in [2.75, 3.05) is 20.0 Å². The van der Waals surface area contributed by atoms with Crippen molar-refractivity contribution in [1.82, 2.24) is 4.98 Å². The number of methoxy groups -OCH3 is 2. The van der Waals surface area contributed by atoms with Crippen LogP contribution in [0.3, 0.4) is 0 Å². The molecule has 0 aliphatic heterocycles. The molecule has 0 saturated carbocycles. The van der Waals surface area contributed by atoms with E-state index in [9.17, 15) is 0 Å². The molecule has 2 aromatic rings. The summed E-state index contributed by atoms with van der Waals surface area (Å²) in [5, 5.41) is 0.622. The molecule has 1 aromatic carbocycles. The molecule has 1 unspecified atom stereocenters. The lowest BCUT2D eigenvalue weighted by Gasteiger charge is -2.33. The number of ether oxygens (including phenoxy) is 2. The number of rotatable bonds is 3. The molecule has 1 aliphatic rings. The number of nitrogens with two attached hydrogens (primary N) is 2. The van der Waals surface area contributed by atoms with Gasteiger partial charge >= 0.3 is 0 Å². The second kappa shape index (κ2) is 5.20. The van der Waals surface area contributed by atoms with E-state index in [1.165, 1.54) is 16.2 Å². The van der Waals surface area contributed by atoms with Gasteiger partial charge in [-0.15, -0.1) is 11.3 Å². The Morgan fingerprint density at radius 2 is 2.00 bits per heavy atom. The van der Waals surface area contributed by atoms with Gasteiger partial charge in [0.1, 0.15) is 0 Å². The fourth-order valence-electron chi connectivity index (χ4n) is 2.85. The number of thiazole rings is 1. The number of nitrogens with zero attached hydrogens (tertiary/aromatic N) is 1. The van der Waals surface area contributed by atoms with E-state index >= 15 is 0 Å². The molecule has 1 aromatic heterocycles. The standard InChI is InChI=1S/C15H19N3O2S/c1-19-11-4-3-9(7-12(11)20-2)15(17)6-5-10-13(8-15)21-14(16)18-10/h3-4,7H,5-6,8,17H2,1-2H3,(H2,16,18). The number of anilines is 1. The number of aryl methyl sites for hydroxylation is 1. The Bertz CT molecular complexity index is 671. The van der Waals surface area contributed by atoms with Crippen molar-refractivity contribution in [1.29, 1.82) is 0 Å². The highest BCUT2D eigenvalue weighted by atomic mass is 32.1. The van der Waals surface area contributed by atoms with Crippen molar-refractivity contribution < 1.29 is 9.47 Å². The maximum atomic E-state index is 6.66. The van der Waals surface area contributed by atoms with E-state index < -0.39 is 5.54 Å². The molecule has 0 radical (unpaired) electrons. The molecule has 0 spiro atoms. The van der Waals surface area contributed by atoms with Gasteiger partial charge in [-0.1, -0.05) is 6.07 Å². The van der Waals surface area contributed by atoms with Gasteiger partial charge in [-0.25, -0.2) is 4.98 Å². The van der Waals surface area contributed by atoms with Crippen LogP contribution in [0.4, 0.5) is 5.13 Å². The third-order valence-corrected chi connectivity index (χ3v) is 4.96.